The Labute approximate surface area is 148 Å². The van der Waals surface area contributed by atoms with E-state index in [2.05, 4.69) is 36.4 Å². The zero-order chi connectivity index (χ0) is 17.7. The van der Waals surface area contributed by atoms with Crippen molar-refractivity contribution in [2.45, 2.75) is 20.8 Å². The number of rotatable bonds is 6. The van der Waals surface area contributed by atoms with Gasteiger partial charge in [-0.1, -0.05) is 0 Å². The Kier molecular flexibility index (Phi) is 5.97. The highest BCUT2D eigenvalue weighted by atomic mass is 79.9. The molecule has 2 rings (SSSR count). The largest absolute Gasteiger partial charge is 0.492 e. The third-order valence-corrected chi connectivity index (χ3v) is 3.90. The lowest BCUT2D eigenvalue weighted by Gasteiger charge is -2.11. The summed E-state index contributed by atoms with van der Waals surface area (Å²) in [5.41, 5.74) is 4.57. The molecule has 0 aliphatic carbocycles. The molecule has 0 amide bonds. The van der Waals surface area contributed by atoms with Crippen molar-refractivity contribution < 1.29 is 9.47 Å². The van der Waals surface area contributed by atoms with Crippen LogP contribution in [0.15, 0.2) is 26.5 Å². The topological polar surface area (TPSA) is 88.6 Å². The molecular weight excluding hydrogens is 376 g/mol. The van der Waals surface area contributed by atoms with Crippen LogP contribution in [-0.2, 0) is 0 Å². The number of ether oxygens (including phenoxy) is 2. The van der Waals surface area contributed by atoms with Crippen molar-refractivity contribution in [3.05, 3.63) is 43.8 Å². The van der Waals surface area contributed by atoms with Crippen LogP contribution in [0.3, 0.4) is 0 Å². The summed E-state index contributed by atoms with van der Waals surface area (Å²) in [6, 6.07) is 3.66. The zero-order valence-corrected chi connectivity index (χ0v) is 15.5. The van der Waals surface area contributed by atoms with Crippen molar-refractivity contribution >= 4 is 28.1 Å². The number of halogens is 1. The van der Waals surface area contributed by atoms with E-state index in [-0.39, 0.29) is 11.5 Å². The lowest BCUT2D eigenvalue weighted by atomic mass is 10.2. The first-order valence-corrected chi connectivity index (χ1v) is 8.12. The Balaban J connectivity index is 2.21. The lowest BCUT2D eigenvalue weighted by Crippen LogP contribution is -2.15. The van der Waals surface area contributed by atoms with Gasteiger partial charge >= 0.3 is 0 Å². The Morgan fingerprint density at radius 2 is 2.17 bits per heavy atom. The third-order valence-electron chi connectivity index (χ3n) is 3.31. The number of nitrogens with one attached hydrogen (secondary N) is 2. The van der Waals surface area contributed by atoms with Gasteiger partial charge in [-0.05, 0) is 54.4 Å². The number of H-pyrrole nitrogens is 1. The predicted octanol–water partition coefficient (Wildman–Crippen LogP) is 3.00. The van der Waals surface area contributed by atoms with Gasteiger partial charge in [0.15, 0.2) is 11.5 Å². The van der Waals surface area contributed by atoms with Crippen molar-refractivity contribution in [1.82, 2.24) is 9.97 Å². The highest BCUT2D eigenvalue weighted by Crippen LogP contribution is 2.36. The van der Waals surface area contributed by atoms with E-state index in [4.69, 9.17) is 9.47 Å². The van der Waals surface area contributed by atoms with E-state index in [1.54, 1.807) is 27.2 Å². The molecule has 1 aromatic heterocycles. The second-order valence-corrected chi connectivity index (χ2v) is 5.82. The molecule has 0 aliphatic rings. The van der Waals surface area contributed by atoms with Crippen LogP contribution in [0.4, 0.5) is 5.95 Å². The number of aryl methyl sites for hydroxylation is 1. The second kappa shape index (κ2) is 7.96. The molecule has 0 aliphatic heterocycles. The summed E-state index contributed by atoms with van der Waals surface area (Å²) < 4.78 is 11.6. The summed E-state index contributed by atoms with van der Waals surface area (Å²) in [7, 11) is 1.58. The molecule has 0 fully saturated rings. The van der Waals surface area contributed by atoms with Gasteiger partial charge in [0, 0.05) is 11.3 Å². The number of aromatic amines is 1. The van der Waals surface area contributed by atoms with E-state index < -0.39 is 0 Å². The maximum atomic E-state index is 11.7. The zero-order valence-electron chi connectivity index (χ0n) is 13.9. The van der Waals surface area contributed by atoms with Gasteiger partial charge < -0.3 is 9.47 Å². The van der Waals surface area contributed by atoms with Gasteiger partial charge in [0.05, 0.1) is 24.4 Å². The summed E-state index contributed by atoms with van der Waals surface area (Å²) >= 11 is 3.45. The third kappa shape index (κ3) is 4.14. The minimum Gasteiger partial charge on any atom is -0.492 e. The highest BCUT2D eigenvalue weighted by Gasteiger charge is 2.10. The molecule has 0 saturated heterocycles. The molecule has 1 heterocycles. The first-order chi connectivity index (χ1) is 11.5. The van der Waals surface area contributed by atoms with Crippen molar-refractivity contribution in [3.63, 3.8) is 0 Å². The first-order valence-electron chi connectivity index (χ1n) is 7.33. The number of hydrogen-bond acceptors (Lipinski definition) is 6. The summed E-state index contributed by atoms with van der Waals surface area (Å²) in [5, 5.41) is 4.10. The minimum absolute atomic E-state index is 0.189. The minimum atomic E-state index is -0.189. The van der Waals surface area contributed by atoms with Crippen LogP contribution in [-0.4, -0.2) is 29.9 Å². The molecule has 128 valence electrons. The molecule has 0 radical (unpaired) electrons. The average molecular weight is 395 g/mol. The quantitative estimate of drug-likeness (QED) is 0.580. The van der Waals surface area contributed by atoms with Crippen LogP contribution in [0.1, 0.15) is 23.7 Å². The van der Waals surface area contributed by atoms with Gasteiger partial charge in [-0.15, -0.1) is 0 Å². The molecule has 2 aromatic rings. The monoisotopic (exact) mass is 394 g/mol. The predicted molar refractivity (Wildman–Crippen MR) is 97.4 cm³/mol. The van der Waals surface area contributed by atoms with E-state index in [0.717, 1.165) is 10.0 Å². The van der Waals surface area contributed by atoms with Crippen LogP contribution in [0.2, 0.25) is 0 Å². The summed E-state index contributed by atoms with van der Waals surface area (Å²) in [5.74, 6) is 1.53. The van der Waals surface area contributed by atoms with Gasteiger partial charge in [0.2, 0.25) is 5.95 Å². The van der Waals surface area contributed by atoms with E-state index in [1.165, 1.54) is 0 Å². The molecule has 0 spiro atoms. The number of anilines is 1. The van der Waals surface area contributed by atoms with Gasteiger partial charge in [-0.25, -0.2) is 10.4 Å². The number of nitrogens with zero attached hydrogens (tertiary/aromatic N) is 2. The molecule has 0 atom stereocenters. The summed E-state index contributed by atoms with van der Waals surface area (Å²) in [6.45, 7) is 5.92. The number of hydrogen-bond donors (Lipinski definition) is 2. The van der Waals surface area contributed by atoms with Crippen LogP contribution < -0.4 is 20.5 Å². The highest BCUT2D eigenvalue weighted by molar-refractivity contribution is 9.10. The van der Waals surface area contributed by atoms with Crippen molar-refractivity contribution in [1.29, 1.82) is 0 Å². The van der Waals surface area contributed by atoms with Gasteiger partial charge in [0.25, 0.3) is 5.56 Å². The number of methoxy groups -OCH3 is 1. The molecule has 7 nitrogen and oxygen atoms in total. The Morgan fingerprint density at radius 3 is 2.79 bits per heavy atom. The van der Waals surface area contributed by atoms with Gasteiger partial charge in [0.1, 0.15) is 0 Å². The maximum absolute atomic E-state index is 11.7. The maximum Gasteiger partial charge on any atom is 0.255 e. The van der Waals surface area contributed by atoms with E-state index in [1.807, 2.05) is 19.1 Å². The van der Waals surface area contributed by atoms with Crippen LogP contribution in [0.5, 0.6) is 11.5 Å². The summed E-state index contributed by atoms with van der Waals surface area (Å²) in [4.78, 5) is 18.5. The second-order valence-electron chi connectivity index (χ2n) is 4.96. The Morgan fingerprint density at radius 1 is 1.42 bits per heavy atom. The fourth-order valence-electron chi connectivity index (χ4n) is 1.99. The average Bonchev–Trinajstić information content (AvgIpc) is 2.53. The van der Waals surface area contributed by atoms with Crippen molar-refractivity contribution in [2.75, 3.05) is 19.1 Å². The van der Waals surface area contributed by atoms with E-state index >= 15 is 0 Å². The van der Waals surface area contributed by atoms with Gasteiger partial charge in [-0.2, -0.15) is 5.10 Å². The van der Waals surface area contributed by atoms with Crippen molar-refractivity contribution in [3.8, 4) is 11.5 Å². The standard InChI is InChI=1S/C16H19BrN4O3/c1-5-24-13-7-11(6-12(17)14(13)23-4)8-18-21-16-19-10(3)9(2)15(22)20-16/h6-8H,5H2,1-4H3,(H2,19,20,21,22)/b18-8-. The molecule has 2 N–H and O–H groups in total. The van der Waals surface area contributed by atoms with Gasteiger partial charge in [-0.3, -0.25) is 9.78 Å². The van der Waals surface area contributed by atoms with E-state index in [9.17, 15) is 4.79 Å². The molecule has 24 heavy (non-hydrogen) atoms. The first kappa shape index (κ1) is 18.0. The summed E-state index contributed by atoms with van der Waals surface area (Å²) in [6.07, 6.45) is 1.60. The Bertz CT molecular complexity index is 818. The smallest absolute Gasteiger partial charge is 0.255 e. The SMILES string of the molecule is CCOc1cc(/C=N\Nc2nc(C)c(C)c(=O)[nH]2)cc(Br)c1OC. The van der Waals surface area contributed by atoms with Crippen LogP contribution in [0.25, 0.3) is 0 Å². The molecule has 0 saturated carbocycles. The number of aromatic nitrogens is 2. The molecule has 0 unspecified atom stereocenters. The number of benzene rings is 1. The van der Waals surface area contributed by atoms with Crippen molar-refractivity contribution in [2.24, 2.45) is 5.10 Å². The van der Waals surface area contributed by atoms with Crippen LogP contribution >= 0.6 is 15.9 Å². The lowest BCUT2D eigenvalue weighted by molar-refractivity contribution is 0.310. The fraction of sp³-hybridized carbons (Fsp3) is 0.312. The molecular formula is C16H19BrN4O3. The fourth-order valence-corrected chi connectivity index (χ4v) is 2.61. The van der Waals surface area contributed by atoms with Crippen LogP contribution in [0, 0.1) is 13.8 Å². The molecule has 1 aromatic carbocycles. The molecule has 8 heteroatoms. The van der Waals surface area contributed by atoms with E-state index in [0.29, 0.717) is 29.4 Å². The normalized spacial score (nSPS) is 10.9. The number of hydrazone groups is 1. The molecule has 0 bridgehead atoms. The Hall–Kier alpha value is -2.35.